The minimum Gasteiger partial charge on any atom is -0.497 e. The van der Waals surface area contributed by atoms with Gasteiger partial charge in [0.2, 0.25) is 0 Å². The minimum absolute atomic E-state index is 0.553. The topological polar surface area (TPSA) is 61.0 Å². The summed E-state index contributed by atoms with van der Waals surface area (Å²) in [5.74, 6) is 0.796. The molecule has 2 heterocycles. The quantitative estimate of drug-likeness (QED) is 0.766. The van der Waals surface area contributed by atoms with Crippen molar-refractivity contribution in [2.24, 2.45) is 0 Å². The normalized spacial score (nSPS) is 10.7. The lowest BCUT2D eigenvalue weighted by atomic mass is 10.2. The summed E-state index contributed by atoms with van der Waals surface area (Å²) < 4.78 is 5.20. The van der Waals surface area contributed by atoms with E-state index in [1.807, 2.05) is 35.7 Å². The average molecular weight is 257 g/mol. The second kappa shape index (κ2) is 4.27. The van der Waals surface area contributed by atoms with E-state index in [-0.39, 0.29) is 0 Å². The first kappa shape index (κ1) is 11.0. The molecular formula is C13H11N3OS. The molecule has 0 atom stereocenters. The maximum Gasteiger partial charge on any atom is 0.180 e. The second-order valence-corrected chi connectivity index (χ2v) is 4.72. The van der Waals surface area contributed by atoms with Gasteiger partial charge in [-0.25, -0.2) is 9.97 Å². The van der Waals surface area contributed by atoms with Crippen LogP contribution in [0.15, 0.2) is 35.7 Å². The molecular weight excluding hydrogens is 246 g/mol. The SMILES string of the molecule is COc1ccc2ccc(-c3csc(N)n3)nc2c1. The van der Waals surface area contributed by atoms with Crippen molar-refractivity contribution in [3.05, 3.63) is 35.7 Å². The Bertz CT molecular complexity index is 708. The molecule has 0 bridgehead atoms. The summed E-state index contributed by atoms with van der Waals surface area (Å²) in [4.78, 5) is 8.81. The summed E-state index contributed by atoms with van der Waals surface area (Å²) in [6, 6.07) is 9.79. The van der Waals surface area contributed by atoms with Crippen LogP contribution in [-0.4, -0.2) is 17.1 Å². The van der Waals surface area contributed by atoms with Crippen LogP contribution in [0.25, 0.3) is 22.3 Å². The van der Waals surface area contributed by atoms with Crippen LogP contribution in [-0.2, 0) is 0 Å². The Hall–Kier alpha value is -2.14. The Morgan fingerprint density at radius 3 is 2.67 bits per heavy atom. The number of methoxy groups -OCH3 is 1. The third-order valence-electron chi connectivity index (χ3n) is 2.68. The molecule has 3 rings (SSSR count). The maximum atomic E-state index is 5.63. The number of rotatable bonds is 2. The average Bonchev–Trinajstić information content (AvgIpc) is 2.84. The zero-order valence-corrected chi connectivity index (χ0v) is 10.6. The number of ether oxygens (including phenoxy) is 1. The lowest BCUT2D eigenvalue weighted by Crippen LogP contribution is -1.88. The number of nitrogens with zero attached hydrogens (tertiary/aromatic N) is 2. The van der Waals surface area contributed by atoms with E-state index >= 15 is 0 Å². The van der Waals surface area contributed by atoms with Gasteiger partial charge in [-0.3, -0.25) is 0 Å². The molecule has 0 saturated carbocycles. The van der Waals surface area contributed by atoms with Crippen LogP contribution in [0.4, 0.5) is 5.13 Å². The first-order valence-corrected chi connectivity index (χ1v) is 6.30. The smallest absolute Gasteiger partial charge is 0.180 e. The van der Waals surface area contributed by atoms with Gasteiger partial charge in [-0.15, -0.1) is 11.3 Å². The molecule has 90 valence electrons. The number of hydrogen-bond donors (Lipinski definition) is 1. The minimum atomic E-state index is 0.553. The Kier molecular flexibility index (Phi) is 2.60. The summed E-state index contributed by atoms with van der Waals surface area (Å²) in [5.41, 5.74) is 8.15. The molecule has 2 N–H and O–H groups in total. The number of anilines is 1. The molecule has 0 spiro atoms. The standard InChI is InChI=1S/C13H11N3OS/c1-17-9-4-2-8-3-5-10(15-11(8)6-9)12-7-18-13(14)16-12/h2-7H,1H3,(H2,14,16). The highest BCUT2D eigenvalue weighted by Crippen LogP contribution is 2.25. The van der Waals surface area contributed by atoms with Crippen molar-refractivity contribution >= 4 is 27.4 Å². The highest BCUT2D eigenvalue weighted by molar-refractivity contribution is 7.13. The summed E-state index contributed by atoms with van der Waals surface area (Å²) >= 11 is 1.41. The van der Waals surface area contributed by atoms with Crippen molar-refractivity contribution in [3.63, 3.8) is 0 Å². The van der Waals surface area contributed by atoms with Gasteiger partial charge in [-0.1, -0.05) is 6.07 Å². The molecule has 0 aliphatic heterocycles. The van der Waals surface area contributed by atoms with Crippen LogP contribution in [0.3, 0.4) is 0 Å². The molecule has 18 heavy (non-hydrogen) atoms. The molecule has 5 heteroatoms. The van der Waals surface area contributed by atoms with E-state index in [2.05, 4.69) is 9.97 Å². The highest BCUT2D eigenvalue weighted by Gasteiger charge is 2.05. The van der Waals surface area contributed by atoms with Crippen molar-refractivity contribution in [3.8, 4) is 17.1 Å². The van der Waals surface area contributed by atoms with E-state index in [1.54, 1.807) is 7.11 Å². The number of hydrogen-bond acceptors (Lipinski definition) is 5. The molecule has 0 amide bonds. The summed E-state index contributed by atoms with van der Waals surface area (Å²) in [7, 11) is 1.64. The first-order chi connectivity index (χ1) is 8.76. The van der Waals surface area contributed by atoms with Gasteiger partial charge in [0.25, 0.3) is 0 Å². The third kappa shape index (κ3) is 1.89. The lowest BCUT2D eigenvalue weighted by molar-refractivity contribution is 0.415. The number of aromatic nitrogens is 2. The Morgan fingerprint density at radius 2 is 1.94 bits per heavy atom. The molecule has 4 nitrogen and oxygen atoms in total. The monoisotopic (exact) mass is 257 g/mol. The van der Waals surface area contributed by atoms with Crippen LogP contribution in [0.5, 0.6) is 5.75 Å². The van der Waals surface area contributed by atoms with E-state index < -0.39 is 0 Å². The van der Waals surface area contributed by atoms with E-state index in [9.17, 15) is 0 Å². The molecule has 3 aromatic rings. The largest absolute Gasteiger partial charge is 0.497 e. The number of thiazole rings is 1. The molecule has 2 aromatic heterocycles. The maximum absolute atomic E-state index is 5.63. The van der Waals surface area contributed by atoms with Gasteiger partial charge in [0.05, 0.1) is 18.3 Å². The van der Waals surface area contributed by atoms with Gasteiger partial charge in [0.15, 0.2) is 5.13 Å². The van der Waals surface area contributed by atoms with Crippen LogP contribution < -0.4 is 10.5 Å². The van der Waals surface area contributed by atoms with Gasteiger partial charge >= 0.3 is 0 Å². The van der Waals surface area contributed by atoms with Crippen LogP contribution >= 0.6 is 11.3 Å². The number of benzene rings is 1. The predicted molar refractivity (Wildman–Crippen MR) is 73.8 cm³/mol. The van der Waals surface area contributed by atoms with Gasteiger partial charge < -0.3 is 10.5 Å². The second-order valence-electron chi connectivity index (χ2n) is 3.83. The molecule has 0 saturated heterocycles. The Labute approximate surface area is 108 Å². The molecule has 0 aliphatic rings. The number of nitrogen functional groups attached to an aromatic ring is 1. The van der Waals surface area contributed by atoms with Crippen molar-refractivity contribution < 1.29 is 4.74 Å². The van der Waals surface area contributed by atoms with Crippen molar-refractivity contribution in [2.75, 3.05) is 12.8 Å². The van der Waals surface area contributed by atoms with E-state index in [0.717, 1.165) is 28.0 Å². The fourth-order valence-corrected chi connectivity index (χ4v) is 2.33. The van der Waals surface area contributed by atoms with Crippen LogP contribution in [0, 0.1) is 0 Å². The Morgan fingerprint density at radius 1 is 1.11 bits per heavy atom. The zero-order valence-electron chi connectivity index (χ0n) is 9.75. The highest BCUT2D eigenvalue weighted by atomic mass is 32.1. The van der Waals surface area contributed by atoms with Crippen molar-refractivity contribution in [2.45, 2.75) is 0 Å². The van der Waals surface area contributed by atoms with Gasteiger partial charge in [0, 0.05) is 16.8 Å². The van der Waals surface area contributed by atoms with E-state index in [1.165, 1.54) is 11.3 Å². The summed E-state index contributed by atoms with van der Waals surface area (Å²) in [6.45, 7) is 0. The molecule has 1 aromatic carbocycles. The predicted octanol–water partition coefficient (Wildman–Crippen LogP) is 2.95. The zero-order chi connectivity index (χ0) is 12.5. The molecule has 0 fully saturated rings. The van der Waals surface area contributed by atoms with Gasteiger partial charge in [-0.05, 0) is 18.2 Å². The summed E-state index contributed by atoms with van der Waals surface area (Å²) in [6.07, 6.45) is 0. The van der Waals surface area contributed by atoms with Gasteiger partial charge in [0.1, 0.15) is 11.4 Å². The van der Waals surface area contributed by atoms with E-state index in [0.29, 0.717) is 5.13 Å². The van der Waals surface area contributed by atoms with Crippen LogP contribution in [0.1, 0.15) is 0 Å². The fraction of sp³-hybridized carbons (Fsp3) is 0.0769. The van der Waals surface area contributed by atoms with Crippen molar-refractivity contribution in [1.82, 2.24) is 9.97 Å². The lowest BCUT2D eigenvalue weighted by Gasteiger charge is -2.03. The van der Waals surface area contributed by atoms with Gasteiger partial charge in [-0.2, -0.15) is 0 Å². The van der Waals surface area contributed by atoms with E-state index in [4.69, 9.17) is 10.5 Å². The third-order valence-corrected chi connectivity index (χ3v) is 3.36. The Balaban J connectivity index is 2.14. The van der Waals surface area contributed by atoms with Crippen molar-refractivity contribution in [1.29, 1.82) is 0 Å². The number of fused-ring (bicyclic) bond motifs is 1. The fourth-order valence-electron chi connectivity index (χ4n) is 1.77. The summed E-state index contributed by atoms with van der Waals surface area (Å²) in [5, 5.41) is 3.53. The first-order valence-electron chi connectivity index (χ1n) is 5.42. The molecule has 0 radical (unpaired) electrons. The van der Waals surface area contributed by atoms with Crippen LogP contribution in [0.2, 0.25) is 0 Å². The molecule has 0 unspecified atom stereocenters. The number of nitrogens with two attached hydrogens (primary N) is 1. The number of pyridine rings is 1. The molecule has 0 aliphatic carbocycles.